The van der Waals surface area contributed by atoms with Crippen molar-refractivity contribution in [2.45, 2.75) is 0 Å². The molecule has 100 valence electrons. The van der Waals surface area contributed by atoms with Gasteiger partial charge in [-0.1, -0.05) is 0 Å². The SMILES string of the molecule is COCCOC(=N)C(C#N)=COc1ccc(F)cc1. The molecule has 1 rings (SSSR count). The molecular formula is C13H13FN2O3. The van der Waals surface area contributed by atoms with Crippen molar-refractivity contribution in [1.82, 2.24) is 0 Å². The van der Waals surface area contributed by atoms with Gasteiger partial charge in [-0.25, -0.2) is 4.39 Å². The van der Waals surface area contributed by atoms with Crippen molar-refractivity contribution >= 4 is 5.90 Å². The summed E-state index contributed by atoms with van der Waals surface area (Å²) in [4.78, 5) is 0. The van der Waals surface area contributed by atoms with Gasteiger partial charge in [-0.05, 0) is 24.3 Å². The Morgan fingerprint density at radius 1 is 1.37 bits per heavy atom. The molecule has 6 heteroatoms. The van der Waals surface area contributed by atoms with Crippen LogP contribution in [-0.4, -0.2) is 26.2 Å². The van der Waals surface area contributed by atoms with Crippen molar-refractivity contribution < 1.29 is 18.6 Å². The largest absolute Gasteiger partial charge is 0.475 e. The minimum atomic E-state index is -0.382. The third kappa shape index (κ3) is 5.19. The average molecular weight is 264 g/mol. The van der Waals surface area contributed by atoms with E-state index in [4.69, 9.17) is 24.9 Å². The maximum atomic E-state index is 12.7. The summed E-state index contributed by atoms with van der Waals surface area (Å²) in [7, 11) is 1.51. The number of ether oxygens (including phenoxy) is 3. The van der Waals surface area contributed by atoms with Gasteiger partial charge in [-0.2, -0.15) is 5.26 Å². The van der Waals surface area contributed by atoms with Crippen LogP contribution in [0, 0.1) is 22.6 Å². The lowest BCUT2D eigenvalue weighted by atomic mass is 10.3. The van der Waals surface area contributed by atoms with Crippen LogP contribution in [0.2, 0.25) is 0 Å². The zero-order chi connectivity index (χ0) is 14.1. The van der Waals surface area contributed by atoms with Crippen molar-refractivity contribution in [3.05, 3.63) is 41.9 Å². The van der Waals surface area contributed by atoms with E-state index >= 15 is 0 Å². The Labute approximate surface area is 110 Å². The Balaban J connectivity index is 2.59. The first-order valence-electron chi connectivity index (χ1n) is 5.40. The van der Waals surface area contributed by atoms with Gasteiger partial charge in [-0.15, -0.1) is 0 Å². The maximum Gasteiger partial charge on any atom is 0.227 e. The molecule has 1 aromatic carbocycles. The number of nitriles is 1. The first-order valence-corrected chi connectivity index (χ1v) is 5.40. The van der Waals surface area contributed by atoms with Gasteiger partial charge in [0.15, 0.2) is 0 Å². The van der Waals surface area contributed by atoms with Crippen LogP contribution in [-0.2, 0) is 9.47 Å². The number of rotatable bonds is 6. The van der Waals surface area contributed by atoms with Crippen LogP contribution < -0.4 is 4.74 Å². The Morgan fingerprint density at radius 2 is 2.05 bits per heavy atom. The first kappa shape index (κ1) is 14.7. The van der Waals surface area contributed by atoms with E-state index in [2.05, 4.69) is 0 Å². The Bertz CT molecular complexity index is 492. The normalized spacial score (nSPS) is 10.7. The highest BCUT2D eigenvalue weighted by atomic mass is 19.1. The highest BCUT2D eigenvalue weighted by molar-refractivity contribution is 5.94. The second kappa shape index (κ2) is 7.84. The fourth-order valence-electron chi connectivity index (χ4n) is 1.08. The fraction of sp³-hybridized carbons (Fsp3) is 0.231. The molecule has 0 aliphatic heterocycles. The van der Waals surface area contributed by atoms with Gasteiger partial charge in [-0.3, -0.25) is 5.41 Å². The van der Waals surface area contributed by atoms with E-state index in [0.717, 1.165) is 6.26 Å². The van der Waals surface area contributed by atoms with Gasteiger partial charge >= 0.3 is 0 Å². The number of halogens is 1. The molecule has 1 aromatic rings. The van der Waals surface area contributed by atoms with Gasteiger partial charge in [0.2, 0.25) is 5.90 Å². The smallest absolute Gasteiger partial charge is 0.227 e. The number of methoxy groups -OCH3 is 1. The van der Waals surface area contributed by atoms with Gasteiger partial charge in [0, 0.05) is 7.11 Å². The maximum absolute atomic E-state index is 12.7. The highest BCUT2D eigenvalue weighted by Crippen LogP contribution is 2.12. The average Bonchev–Trinajstić information content (AvgIpc) is 2.42. The second-order valence-electron chi connectivity index (χ2n) is 3.39. The van der Waals surface area contributed by atoms with Crippen molar-refractivity contribution in [1.29, 1.82) is 10.7 Å². The predicted octanol–water partition coefficient (Wildman–Crippen LogP) is 2.25. The summed E-state index contributed by atoms with van der Waals surface area (Å²) in [5, 5.41) is 16.4. The third-order valence-corrected chi connectivity index (χ3v) is 2.03. The van der Waals surface area contributed by atoms with E-state index in [1.807, 2.05) is 0 Å². The molecule has 0 fully saturated rings. The Hall–Kier alpha value is -2.39. The number of benzene rings is 1. The molecule has 19 heavy (non-hydrogen) atoms. The molecule has 5 nitrogen and oxygen atoms in total. The number of nitrogens with zero attached hydrogens (tertiary/aromatic N) is 1. The molecule has 0 heterocycles. The molecular weight excluding hydrogens is 251 g/mol. The molecule has 0 spiro atoms. The zero-order valence-corrected chi connectivity index (χ0v) is 10.4. The summed E-state index contributed by atoms with van der Waals surface area (Å²) in [6.45, 7) is 0.491. The van der Waals surface area contributed by atoms with E-state index in [9.17, 15) is 4.39 Å². The van der Waals surface area contributed by atoms with Crippen molar-refractivity contribution in [3.63, 3.8) is 0 Å². The summed E-state index contributed by atoms with van der Waals surface area (Å²) in [6.07, 6.45) is 1.09. The molecule has 0 aromatic heterocycles. The number of nitrogens with one attached hydrogen (secondary N) is 1. The van der Waals surface area contributed by atoms with E-state index in [1.54, 1.807) is 6.07 Å². The fourth-order valence-corrected chi connectivity index (χ4v) is 1.08. The first-order chi connectivity index (χ1) is 9.17. The molecule has 0 unspecified atom stereocenters. The predicted molar refractivity (Wildman–Crippen MR) is 66.3 cm³/mol. The zero-order valence-electron chi connectivity index (χ0n) is 10.4. The molecule has 0 saturated heterocycles. The lowest BCUT2D eigenvalue weighted by Gasteiger charge is -2.06. The standard InChI is InChI=1S/C13H13FN2O3/c1-17-6-7-18-13(16)10(8-15)9-19-12-4-2-11(14)3-5-12/h2-5,9,16H,6-7H2,1H3. The van der Waals surface area contributed by atoms with Crippen LogP contribution in [0.1, 0.15) is 0 Å². The molecule has 0 saturated carbocycles. The molecule has 0 aliphatic rings. The van der Waals surface area contributed by atoms with Crippen LogP contribution in [0.25, 0.3) is 0 Å². The summed E-state index contributed by atoms with van der Waals surface area (Å²) in [5.41, 5.74) is -0.0690. The number of hydrogen-bond donors (Lipinski definition) is 1. The number of hydrogen-bond acceptors (Lipinski definition) is 5. The molecule has 0 radical (unpaired) electrons. The Morgan fingerprint density at radius 3 is 2.63 bits per heavy atom. The van der Waals surface area contributed by atoms with E-state index < -0.39 is 0 Å². The van der Waals surface area contributed by atoms with Crippen LogP contribution in [0.5, 0.6) is 5.75 Å². The Kier molecular flexibility index (Phi) is 6.06. The van der Waals surface area contributed by atoms with Gasteiger partial charge in [0.25, 0.3) is 0 Å². The van der Waals surface area contributed by atoms with Gasteiger partial charge < -0.3 is 14.2 Å². The second-order valence-corrected chi connectivity index (χ2v) is 3.39. The summed E-state index contributed by atoms with van der Waals surface area (Å²) in [5.74, 6) is -0.326. The molecule has 0 atom stereocenters. The molecule has 1 N–H and O–H groups in total. The summed E-state index contributed by atoms with van der Waals surface area (Å²) in [6, 6.07) is 7.07. The van der Waals surface area contributed by atoms with Crippen molar-refractivity contribution in [3.8, 4) is 11.8 Å². The lowest BCUT2D eigenvalue weighted by molar-refractivity contribution is 0.141. The lowest BCUT2D eigenvalue weighted by Crippen LogP contribution is -2.11. The molecule has 0 amide bonds. The van der Waals surface area contributed by atoms with E-state index in [1.165, 1.54) is 31.4 Å². The minimum Gasteiger partial charge on any atom is -0.475 e. The van der Waals surface area contributed by atoms with Gasteiger partial charge in [0.05, 0.1) is 6.61 Å². The molecule has 0 bridgehead atoms. The van der Waals surface area contributed by atoms with Gasteiger partial charge in [0.1, 0.15) is 36.1 Å². The monoisotopic (exact) mass is 264 g/mol. The topological polar surface area (TPSA) is 75.3 Å². The van der Waals surface area contributed by atoms with Crippen LogP contribution in [0.15, 0.2) is 36.1 Å². The van der Waals surface area contributed by atoms with Crippen LogP contribution >= 0.6 is 0 Å². The third-order valence-electron chi connectivity index (χ3n) is 2.03. The summed E-state index contributed by atoms with van der Waals surface area (Å²) >= 11 is 0. The van der Waals surface area contributed by atoms with E-state index in [-0.39, 0.29) is 23.9 Å². The highest BCUT2D eigenvalue weighted by Gasteiger charge is 2.06. The summed E-state index contributed by atoms with van der Waals surface area (Å²) < 4.78 is 27.5. The quantitative estimate of drug-likeness (QED) is 0.281. The van der Waals surface area contributed by atoms with E-state index in [0.29, 0.717) is 12.4 Å². The van der Waals surface area contributed by atoms with Crippen LogP contribution in [0.3, 0.4) is 0 Å². The van der Waals surface area contributed by atoms with Crippen LogP contribution in [0.4, 0.5) is 4.39 Å². The van der Waals surface area contributed by atoms with Crippen molar-refractivity contribution in [2.75, 3.05) is 20.3 Å². The minimum absolute atomic E-state index is 0.0690. The molecule has 0 aliphatic carbocycles. The van der Waals surface area contributed by atoms with Crippen molar-refractivity contribution in [2.24, 2.45) is 0 Å².